The second-order valence-corrected chi connectivity index (χ2v) is 3.88. The highest BCUT2D eigenvalue weighted by molar-refractivity contribution is 14.1. The van der Waals surface area contributed by atoms with E-state index in [4.69, 9.17) is 4.74 Å². The standard InChI is InChI=1S/C8H11IN2O3/c1-5-6(9)7(12)10-8(13)11(5)3-4-14-2/h3-4H2,1-2H3,(H,10,12,13). The number of methoxy groups -OCH3 is 1. The number of ether oxygens (including phenoxy) is 1. The molecule has 0 radical (unpaired) electrons. The summed E-state index contributed by atoms with van der Waals surface area (Å²) < 4.78 is 6.90. The van der Waals surface area contributed by atoms with Gasteiger partial charge in [0.05, 0.1) is 16.7 Å². The highest BCUT2D eigenvalue weighted by Crippen LogP contribution is 2.02. The molecule has 0 fully saturated rings. The number of hydrogen-bond acceptors (Lipinski definition) is 3. The molecule has 5 nitrogen and oxygen atoms in total. The number of hydrogen-bond donors (Lipinski definition) is 1. The van der Waals surface area contributed by atoms with E-state index in [1.165, 1.54) is 4.57 Å². The Labute approximate surface area is 94.2 Å². The van der Waals surface area contributed by atoms with Crippen molar-refractivity contribution in [2.24, 2.45) is 0 Å². The Bertz CT molecular complexity index is 435. The van der Waals surface area contributed by atoms with Gasteiger partial charge in [-0.25, -0.2) is 4.79 Å². The first-order valence-electron chi connectivity index (χ1n) is 4.06. The molecule has 0 amide bonds. The maximum absolute atomic E-state index is 11.4. The summed E-state index contributed by atoms with van der Waals surface area (Å²) in [6, 6.07) is 0. The van der Waals surface area contributed by atoms with Gasteiger partial charge in [-0.1, -0.05) is 0 Å². The van der Waals surface area contributed by atoms with Crippen LogP contribution in [0.5, 0.6) is 0 Å². The molecule has 78 valence electrons. The first-order valence-corrected chi connectivity index (χ1v) is 5.14. The molecule has 0 atom stereocenters. The number of H-pyrrole nitrogens is 1. The number of rotatable bonds is 3. The van der Waals surface area contributed by atoms with Crippen LogP contribution in [0, 0.1) is 10.5 Å². The smallest absolute Gasteiger partial charge is 0.328 e. The van der Waals surface area contributed by atoms with Crippen molar-refractivity contribution in [1.29, 1.82) is 0 Å². The molecule has 0 aliphatic carbocycles. The third kappa shape index (κ3) is 2.24. The Hall–Kier alpha value is -0.630. The maximum Gasteiger partial charge on any atom is 0.328 e. The first-order chi connectivity index (χ1) is 6.57. The molecule has 1 rings (SSSR count). The number of nitrogens with zero attached hydrogens (tertiary/aromatic N) is 1. The quantitative estimate of drug-likeness (QED) is 0.805. The van der Waals surface area contributed by atoms with Gasteiger partial charge in [0.1, 0.15) is 0 Å². The Morgan fingerprint density at radius 3 is 2.71 bits per heavy atom. The van der Waals surface area contributed by atoms with Crippen LogP contribution in [0.2, 0.25) is 0 Å². The molecule has 6 heteroatoms. The molecule has 0 aromatic carbocycles. The lowest BCUT2D eigenvalue weighted by Gasteiger charge is -2.09. The SMILES string of the molecule is COCCn1c(C)c(I)c(=O)[nH]c1=O. The summed E-state index contributed by atoms with van der Waals surface area (Å²) in [5, 5.41) is 0. The first kappa shape index (κ1) is 11.4. The molecule has 0 unspecified atom stereocenters. The van der Waals surface area contributed by atoms with Gasteiger partial charge in [0.15, 0.2) is 0 Å². The van der Waals surface area contributed by atoms with Gasteiger partial charge in [-0.15, -0.1) is 0 Å². The van der Waals surface area contributed by atoms with Crippen LogP contribution in [0.1, 0.15) is 5.69 Å². The van der Waals surface area contributed by atoms with Crippen molar-refractivity contribution >= 4 is 22.6 Å². The Morgan fingerprint density at radius 2 is 2.14 bits per heavy atom. The van der Waals surface area contributed by atoms with Gasteiger partial charge >= 0.3 is 5.69 Å². The van der Waals surface area contributed by atoms with Crippen LogP contribution in [0.4, 0.5) is 0 Å². The van der Waals surface area contributed by atoms with Crippen molar-refractivity contribution in [2.75, 3.05) is 13.7 Å². The van der Waals surface area contributed by atoms with Gasteiger partial charge in [-0.05, 0) is 29.5 Å². The van der Waals surface area contributed by atoms with Crippen LogP contribution in [0.25, 0.3) is 0 Å². The molecular formula is C8H11IN2O3. The van der Waals surface area contributed by atoms with E-state index in [0.29, 0.717) is 22.4 Å². The topological polar surface area (TPSA) is 64.1 Å². The summed E-state index contributed by atoms with van der Waals surface area (Å²) in [5.74, 6) is 0. The molecule has 0 bridgehead atoms. The summed E-state index contributed by atoms with van der Waals surface area (Å²) in [7, 11) is 1.57. The minimum absolute atomic E-state index is 0.332. The van der Waals surface area contributed by atoms with Gasteiger partial charge in [0.25, 0.3) is 5.56 Å². The van der Waals surface area contributed by atoms with E-state index in [-0.39, 0.29) is 11.2 Å². The van der Waals surface area contributed by atoms with E-state index < -0.39 is 0 Å². The highest BCUT2D eigenvalue weighted by atomic mass is 127. The van der Waals surface area contributed by atoms with Crippen LogP contribution in [0.15, 0.2) is 9.59 Å². The second kappa shape index (κ2) is 4.74. The van der Waals surface area contributed by atoms with Crippen LogP contribution >= 0.6 is 22.6 Å². The molecule has 1 aromatic heterocycles. The van der Waals surface area contributed by atoms with Crippen molar-refractivity contribution in [3.8, 4) is 0 Å². The van der Waals surface area contributed by atoms with E-state index in [1.54, 1.807) is 14.0 Å². The van der Waals surface area contributed by atoms with E-state index >= 15 is 0 Å². The lowest BCUT2D eigenvalue weighted by molar-refractivity contribution is 0.185. The van der Waals surface area contributed by atoms with Gasteiger partial charge in [-0.2, -0.15) is 0 Å². The number of aromatic amines is 1. The fourth-order valence-electron chi connectivity index (χ4n) is 1.11. The van der Waals surface area contributed by atoms with Crippen molar-refractivity contribution < 1.29 is 4.74 Å². The Morgan fingerprint density at radius 1 is 1.50 bits per heavy atom. The van der Waals surface area contributed by atoms with Crippen LogP contribution < -0.4 is 11.2 Å². The van der Waals surface area contributed by atoms with Crippen molar-refractivity contribution in [3.63, 3.8) is 0 Å². The fraction of sp³-hybridized carbons (Fsp3) is 0.500. The highest BCUT2D eigenvalue weighted by Gasteiger charge is 2.07. The molecule has 1 heterocycles. The number of halogens is 1. The third-order valence-corrected chi connectivity index (χ3v) is 3.18. The molecule has 0 saturated heterocycles. The minimum Gasteiger partial charge on any atom is -0.383 e. The van der Waals surface area contributed by atoms with E-state index in [9.17, 15) is 9.59 Å². The van der Waals surface area contributed by atoms with Crippen LogP contribution in [0.3, 0.4) is 0 Å². The molecule has 0 aliphatic rings. The van der Waals surface area contributed by atoms with Crippen LogP contribution in [-0.2, 0) is 11.3 Å². The van der Waals surface area contributed by atoms with Crippen molar-refractivity contribution in [3.05, 3.63) is 30.1 Å². The molecular weight excluding hydrogens is 299 g/mol. The Balaban J connectivity index is 3.23. The van der Waals surface area contributed by atoms with Gasteiger partial charge < -0.3 is 4.74 Å². The third-order valence-electron chi connectivity index (χ3n) is 1.91. The molecule has 1 aromatic rings. The second-order valence-electron chi connectivity index (χ2n) is 2.80. The zero-order valence-corrected chi connectivity index (χ0v) is 10.1. The lowest BCUT2D eigenvalue weighted by atomic mass is 10.4. The largest absolute Gasteiger partial charge is 0.383 e. The monoisotopic (exact) mass is 310 g/mol. The van der Waals surface area contributed by atoms with Crippen molar-refractivity contribution in [2.45, 2.75) is 13.5 Å². The zero-order chi connectivity index (χ0) is 10.7. The van der Waals surface area contributed by atoms with E-state index in [2.05, 4.69) is 4.98 Å². The Kier molecular flexibility index (Phi) is 3.87. The number of aromatic nitrogens is 2. The maximum atomic E-state index is 11.4. The summed E-state index contributed by atoms with van der Waals surface area (Å²) in [5.41, 5.74) is -0.0388. The van der Waals surface area contributed by atoms with Gasteiger partial charge in [0.2, 0.25) is 0 Å². The van der Waals surface area contributed by atoms with E-state index in [0.717, 1.165) is 0 Å². The number of nitrogens with one attached hydrogen (secondary N) is 1. The lowest BCUT2D eigenvalue weighted by Crippen LogP contribution is -2.34. The summed E-state index contributed by atoms with van der Waals surface area (Å²) in [6.45, 7) is 2.64. The van der Waals surface area contributed by atoms with E-state index in [1.807, 2.05) is 22.6 Å². The van der Waals surface area contributed by atoms with Crippen molar-refractivity contribution in [1.82, 2.24) is 9.55 Å². The molecule has 1 N–H and O–H groups in total. The molecule has 0 saturated carbocycles. The molecule has 0 aliphatic heterocycles. The normalized spacial score (nSPS) is 10.5. The summed E-state index contributed by atoms with van der Waals surface area (Å²) in [6.07, 6.45) is 0. The van der Waals surface area contributed by atoms with Crippen LogP contribution in [-0.4, -0.2) is 23.3 Å². The average molecular weight is 310 g/mol. The zero-order valence-electron chi connectivity index (χ0n) is 7.96. The predicted octanol–water partition coefficient (Wildman–Crippen LogP) is 0.0960. The van der Waals surface area contributed by atoms with Gasteiger partial charge in [0, 0.05) is 12.8 Å². The molecule has 14 heavy (non-hydrogen) atoms. The fourth-order valence-corrected chi connectivity index (χ4v) is 1.53. The molecule has 0 spiro atoms. The summed E-state index contributed by atoms with van der Waals surface area (Å²) in [4.78, 5) is 24.8. The predicted molar refractivity (Wildman–Crippen MR) is 60.7 cm³/mol. The minimum atomic E-state index is -0.384. The average Bonchev–Trinajstić information content (AvgIpc) is 2.14. The van der Waals surface area contributed by atoms with Gasteiger partial charge in [-0.3, -0.25) is 14.3 Å². The summed E-state index contributed by atoms with van der Waals surface area (Å²) >= 11 is 1.92.